The van der Waals surface area contributed by atoms with Gasteiger partial charge in [-0.1, -0.05) is 55.6 Å². The molecule has 2 atom stereocenters. The Morgan fingerprint density at radius 1 is 1.36 bits per heavy atom. The van der Waals surface area contributed by atoms with Gasteiger partial charge in [-0.15, -0.1) is 0 Å². The van der Waals surface area contributed by atoms with Crippen LogP contribution in [0, 0.1) is 5.92 Å². The quantitative estimate of drug-likeness (QED) is 0.836. The summed E-state index contributed by atoms with van der Waals surface area (Å²) in [4.78, 5) is 0. The second-order valence-electron chi connectivity index (χ2n) is 3.55. The summed E-state index contributed by atoms with van der Waals surface area (Å²) >= 11 is 12.0. The highest BCUT2D eigenvalue weighted by atomic mass is 35.5. The maximum Gasteiger partial charge on any atom is 0.0640 e. The molecule has 0 fully saturated rings. The molecule has 0 aliphatic rings. The number of nitrogens with two attached hydrogens (primary N) is 1. The summed E-state index contributed by atoms with van der Waals surface area (Å²) in [6.07, 6.45) is 1.03. The Labute approximate surface area is 95.2 Å². The van der Waals surface area contributed by atoms with Crippen LogP contribution in [0.25, 0.3) is 0 Å². The molecule has 1 nitrogen and oxygen atoms in total. The molecule has 3 heteroatoms. The van der Waals surface area contributed by atoms with Crippen LogP contribution >= 0.6 is 23.2 Å². The molecule has 0 amide bonds. The van der Waals surface area contributed by atoms with Crippen LogP contribution in [0.3, 0.4) is 0 Å². The average Bonchev–Trinajstić information content (AvgIpc) is 2.20. The Hall–Kier alpha value is -0.240. The van der Waals surface area contributed by atoms with Gasteiger partial charge in [0.2, 0.25) is 0 Å². The van der Waals surface area contributed by atoms with Gasteiger partial charge in [0.05, 0.1) is 10.0 Å². The molecule has 0 spiro atoms. The molecule has 0 saturated heterocycles. The molecule has 78 valence electrons. The Kier molecular flexibility index (Phi) is 4.24. The third-order valence-corrected chi connectivity index (χ3v) is 3.43. The van der Waals surface area contributed by atoms with Gasteiger partial charge < -0.3 is 5.73 Å². The predicted molar refractivity (Wildman–Crippen MR) is 62.8 cm³/mol. The number of benzene rings is 1. The number of rotatable bonds is 3. The van der Waals surface area contributed by atoms with Gasteiger partial charge in [0.1, 0.15) is 0 Å². The van der Waals surface area contributed by atoms with E-state index >= 15 is 0 Å². The van der Waals surface area contributed by atoms with Crippen LogP contribution < -0.4 is 5.73 Å². The summed E-state index contributed by atoms with van der Waals surface area (Å²) in [7, 11) is 0. The minimum absolute atomic E-state index is 0.0359. The van der Waals surface area contributed by atoms with Gasteiger partial charge in [-0.25, -0.2) is 0 Å². The lowest BCUT2D eigenvalue weighted by Gasteiger charge is -2.20. The highest BCUT2D eigenvalue weighted by Gasteiger charge is 2.16. The van der Waals surface area contributed by atoms with Crippen LogP contribution in [0.5, 0.6) is 0 Å². The van der Waals surface area contributed by atoms with Gasteiger partial charge in [0.15, 0.2) is 0 Å². The normalized spacial score (nSPS) is 15.2. The zero-order chi connectivity index (χ0) is 10.7. The highest BCUT2D eigenvalue weighted by Crippen LogP contribution is 2.32. The maximum atomic E-state index is 6.08. The lowest BCUT2D eigenvalue weighted by molar-refractivity contribution is 0.457. The van der Waals surface area contributed by atoms with Crippen molar-refractivity contribution in [2.45, 2.75) is 26.3 Å². The van der Waals surface area contributed by atoms with Crippen LogP contribution in [-0.4, -0.2) is 0 Å². The maximum absolute atomic E-state index is 6.08. The van der Waals surface area contributed by atoms with E-state index in [0.717, 1.165) is 12.0 Å². The van der Waals surface area contributed by atoms with E-state index in [0.29, 0.717) is 16.0 Å². The molecule has 0 aliphatic carbocycles. The van der Waals surface area contributed by atoms with Crippen molar-refractivity contribution in [1.29, 1.82) is 0 Å². The zero-order valence-corrected chi connectivity index (χ0v) is 9.94. The Morgan fingerprint density at radius 3 is 2.57 bits per heavy atom. The van der Waals surface area contributed by atoms with Gasteiger partial charge in [-0.3, -0.25) is 0 Å². The van der Waals surface area contributed by atoms with Crippen molar-refractivity contribution in [3.05, 3.63) is 33.8 Å². The fraction of sp³-hybridized carbons (Fsp3) is 0.455. The number of halogens is 2. The number of hydrogen-bond donors (Lipinski definition) is 1. The smallest absolute Gasteiger partial charge is 0.0640 e. The second-order valence-corrected chi connectivity index (χ2v) is 4.34. The molecule has 2 N–H and O–H groups in total. The standard InChI is InChI=1S/C11H15Cl2N/c1-3-7(2)11(14)8-5-4-6-9(12)10(8)13/h4-7,11H,3,14H2,1-2H3/t7?,11-/m0/s1. The molecule has 0 radical (unpaired) electrons. The molecule has 14 heavy (non-hydrogen) atoms. The zero-order valence-electron chi connectivity index (χ0n) is 8.43. The SMILES string of the molecule is CCC(C)[C@H](N)c1cccc(Cl)c1Cl. The molecule has 1 aromatic rings. The summed E-state index contributed by atoms with van der Waals surface area (Å²) in [6.45, 7) is 4.23. The highest BCUT2D eigenvalue weighted by molar-refractivity contribution is 6.42. The van der Waals surface area contributed by atoms with Gasteiger partial charge in [0.25, 0.3) is 0 Å². The van der Waals surface area contributed by atoms with E-state index in [1.165, 1.54) is 0 Å². The van der Waals surface area contributed by atoms with Crippen molar-refractivity contribution in [2.24, 2.45) is 11.7 Å². The van der Waals surface area contributed by atoms with E-state index < -0.39 is 0 Å². The second kappa shape index (κ2) is 5.01. The fourth-order valence-electron chi connectivity index (χ4n) is 1.34. The molecule has 1 rings (SSSR count). The molecule has 0 saturated carbocycles. The molecular formula is C11H15Cl2N. The molecule has 0 aliphatic heterocycles. The van der Waals surface area contributed by atoms with Gasteiger partial charge in [-0.2, -0.15) is 0 Å². The van der Waals surface area contributed by atoms with E-state index in [-0.39, 0.29) is 6.04 Å². The Balaban J connectivity index is 3.01. The lowest BCUT2D eigenvalue weighted by atomic mass is 9.93. The molecular weight excluding hydrogens is 217 g/mol. The van der Waals surface area contributed by atoms with E-state index in [1.54, 1.807) is 6.07 Å². The lowest BCUT2D eigenvalue weighted by Crippen LogP contribution is -2.18. The van der Waals surface area contributed by atoms with E-state index in [1.807, 2.05) is 12.1 Å². The van der Waals surface area contributed by atoms with Crippen LogP contribution in [-0.2, 0) is 0 Å². The van der Waals surface area contributed by atoms with Crippen LogP contribution in [0.15, 0.2) is 18.2 Å². The molecule has 0 aromatic heterocycles. The van der Waals surface area contributed by atoms with Crippen molar-refractivity contribution in [2.75, 3.05) is 0 Å². The summed E-state index contributed by atoms with van der Waals surface area (Å²) in [6, 6.07) is 5.55. The fourth-order valence-corrected chi connectivity index (χ4v) is 1.77. The molecule has 1 unspecified atom stereocenters. The van der Waals surface area contributed by atoms with Crippen molar-refractivity contribution in [3.63, 3.8) is 0 Å². The first-order valence-electron chi connectivity index (χ1n) is 4.77. The largest absolute Gasteiger partial charge is 0.324 e. The van der Waals surface area contributed by atoms with E-state index in [4.69, 9.17) is 28.9 Å². The van der Waals surface area contributed by atoms with Gasteiger partial charge in [-0.05, 0) is 17.5 Å². The summed E-state index contributed by atoms with van der Waals surface area (Å²) in [5, 5.41) is 1.16. The minimum atomic E-state index is -0.0359. The summed E-state index contributed by atoms with van der Waals surface area (Å²) < 4.78 is 0. The van der Waals surface area contributed by atoms with Gasteiger partial charge >= 0.3 is 0 Å². The minimum Gasteiger partial charge on any atom is -0.324 e. The van der Waals surface area contributed by atoms with Crippen LogP contribution in [0.4, 0.5) is 0 Å². The predicted octanol–water partition coefficient (Wildman–Crippen LogP) is 4.04. The van der Waals surface area contributed by atoms with E-state index in [9.17, 15) is 0 Å². The Bertz CT molecular complexity index is 312. The third kappa shape index (κ3) is 2.41. The average molecular weight is 232 g/mol. The monoisotopic (exact) mass is 231 g/mol. The van der Waals surface area contributed by atoms with Crippen molar-refractivity contribution >= 4 is 23.2 Å². The van der Waals surface area contributed by atoms with Crippen LogP contribution in [0.2, 0.25) is 10.0 Å². The van der Waals surface area contributed by atoms with Crippen molar-refractivity contribution in [1.82, 2.24) is 0 Å². The number of hydrogen-bond acceptors (Lipinski definition) is 1. The summed E-state index contributed by atoms with van der Waals surface area (Å²) in [5.74, 6) is 0.408. The first-order valence-corrected chi connectivity index (χ1v) is 5.53. The third-order valence-electron chi connectivity index (χ3n) is 2.60. The van der Waals surface area contributed by atoms with Crippen molar-refractivity contribution < 1.29 is 0 Å². The molecule has 1 aromatic carbocycles. The first kappa shape index (κ1) is 11.8. The molecule has 0 heterocycles. The van der Waals surface area contributed by atoms with Crippen molar-refractivity contribution in [3.8, 4) is 0 Å². The van der Waals surface area contributed by atoms with E-state index in [2.05, 4.69) is 13.8 Å². The molecule has 0 bridgehead atoms. The van der Waals surface area contributed by atoms with Crippen LogP contribution in [0.1, 0.15) is 31.9 Å². The van der Waals surface area contributed by atoms with Gasteiger partial charge in [0, 0.05) is 6.04 Å². The topological polar surface area (TPSA) is 26.0 Å². The summed E-state index contributed by atoms with van der Waals surface area (Å²) in [5.41, 5.74) is 7.01. The Morgan fingerprint density at radius 2 is 2.00 bits per heavy atom. The first-order chi connectivity index (χ1) is 6.57.